The molecule has 0 spiro atoms. The number of benzene rings is 2. The summed E-state index contributed by atoms with van der Waals surface area (Å²) in [5.41, 5.74) is 2.05. The number of likely N-dealkylation sites (tertiary alicyclic amines) is 1. The van der Waals surface area contributed by atoms with Gasteiger partial charge in [0, 0.05) is 18.7 Å². The molecule has 0 aliphatic carbocycles. The maximum atomic E-state index is 12.7. The molecule has 1 heterocycles. The number of nitrogens with zero attached hydrogens (tertiary/aromatic N) is 1. The van der Waals surface area contributed by atoms with Gasteiger partial charge in [-0.25, -0.2) is 8.42 Å². The van der Waals surface area contributed by atoms with Crippen LogP contribution in [0, 0.1) is 5.92 Å². The number of rotatable bonds is 5. The van der Waals surface area contributed by atoms with Crippen molar-refractivity contribution >= 4 is 21.6 Å². The predicted molar refractivity (Wildman–Crippen MR) is 107 cm³/mol. The topological polar surface area (TPSA) is 66.5 Å². The summed E-state index contributed by atoms with van der Waals surface area (Å²) in [5, 5.41) is 0. The van der Waals surface area contributed by atoms with Crippen molar-refractivity contribution in [2.45, 2.75) is 38.0 Å². The van der Waals surface area contributed by atoms with Crippen LogP contribution in [-0.4, -0.2) is 32.3 Å². The number of anilines is 1. The molecule has 1 fully saturated rings. The van der Waals surface area contributed by atoms with Gasteiger partial charge >= 0.3 is 0 Å². The van der Waals surface area contributed by atoms with Gasteiger partial charge in [0.25, 0.3) is 15.9 Å². The molecular weight excluding hydrogens is 360 g/mol. The van der Waals surface area contributed by atoms with Crippen molar-refractivity contribution in [1.82, 2.24) is 4.90 Å². The van der Waals surface area contributed by atoms with E-state index in [0.29, 0.717) is 17.2 Å². The number of sulfonamides is 1. The second kappa shape index (κ2) is 8.13. The minimum atomic E-state index is -3.70. The fraction of sp³-hybridized carbons (Fsp3) is 0.381. The third-order valence-electron chi connectivity index (χ3n) is 5.00. The first kappa shape index (κ1) is 19.4. The molecule has 2 aromatic rings. The summed E-state index contributed by atoms with van der Waals surface area (Å²) in [5.74, 6) is 0.472. The van der Waals surface area contributed by atoms with Gasteiger partial charge in [-0.15, -0.1) is 0 Å². The van der Waals surface area contributed by atoms with Crippen molar-refractivity contribution < 1.29 is 13.2 Å². The molecule has 144 valence electrons. The van der Waals surface area contributed by atoms with E-state index in [-0.39, 0.29) is 10.8 Å². The number of carbonyl (C=O) groups excluding carboxylic acids is 1. The van der Waals surface area contributed by atoms with E-state index in [9.17, 15) is 13.2 Å². The van der Waals surface area contributed by atoms with E-state index in [4.69, 9.17) is 0 Å². The highest BCUT2D eigenvalue weighted by Crippen LogP contribution is 2.22. The summed E-state index contributed by atoms with van der Waals surface area (Å²) < 4.78 is 28.0. The van der Waals surface area contributed by atoms with E-state index in [2.05, 4.69) is 11.6 Å². The molecule has 3 rings (SSSR count). The van der Waals surface area contributed by atoms with Gasteiger partial charge in [-0.1, -0.05) is 32.0 Å². The van der Waals surface area contributed by atoms with Crippen LogP contribution in [0.15, 0.2) is 53.4 Å². The Morgan fingerprint density at radius 1 is 1.15 bits per heavy atom. The highest BCUT2D eigenvalue weighted by Gasteiger charge is 2.23. The molecule has 2 aromatic carbocycles. The number of nitrogens with one attached hydrogen (secondary N) is 1. The average molecular weight is 387 g/mol. The largest absolute Gasteiger partial charge is 0.338 e. The van der Waals surface area contributed by atoms with Crippen molar-refractivity contribution in [1.29, 1.82) is 0 Å². The molecule has 1 aliphatic rings. The fourth-order valence-corrected chi connectivity index (χ4v) is 4.57. The Morgan fingerprint density at radius 2 is 1.85 bits per heavy atom. The Hall–Kier alpha value is -2.34. The highest BCUT2D eigenvalue weighted by molar-refractivity contribution is 7.92. The van der Waals surface area contributed by atoms with Crippen LogP contribution in [0.3, 0.4) is 0 Å². The van der Waals surface area contributed by atoms with Crippen LogP contribution in [0.5, 0.6) is 0 Å². The molecule has 5 nitrogen and oxygen atoms in total. The number of para-hydroxylation sites is 1. The molecule has 1 N–H and O–H groups in total. The van der Waals surface area contributed by atoms with Crippen molar-refractivity contribution in [2.75, 3.05) is 17.8 Å². The molecule has 1 saturated heterocycles. The van der Waals surface area contributed by atoms with Crippen LogP contribution in [0.25, 0.3) is 0 Å². The Labute approximate surface area is 161 Å². The van der Waals surface area contributed by atoms with E-state index in [0.717, 1.165) is 37.9 Å². The monoisotopic (exact) mass is 386 g/mol. The summed E-state index contributed by atoms with van der Waals surface area (Å²) in [7, 11) is -3.70. The smallest absolute Gasteiger partial charge is 0.261 e. The van der Waals surface area contributed by atoms with E-state index in [1.807, 2.05) is 24.0 Å². The Kier molecular flexibility index (Phi) is 5.85. The van der Waals surface area contributed by atoms with E-state index < -0.39 is 10.0 Å². The normalized spacial score (nSPS) is 17.6. The summed E-state index contributed by atoms with van der Waals surface area (Å²) in [6.07, 6.45) is 2.90. The molecule has 1 amide bonds. The van der Waals surface area contributed by atoms with Gasteiger partial charge in [0.05, 0.1) is 10.6 Å². The third kappa shape index (κ3) is 4.50. The second-order valence-corrected chi connectivity index (χ2v) is 8.82. The zero-order chi connectivity index (χ0) is 19.4. The van der Waals surface area contributed by atoms with Gasteiger partial charge in [0.2, 0.25) is 0 Å². The van der Waals surface area contributed by atoms with Crippen LogP contribution < -0.4 is 4.72 Å². The summed E-state index contributed by atoms with van der Waals surface area (Å²) in [6, 6.07) is 13.5. The number of hydrogen-bond acceptors (Lipinski definition) is 3. The van der Waals surface area contributed by atoms with Crippen LogP contribution in [-0.2, 0) is 16.4 Å². The zero-order valence-electron chi connectivity index (χ0n) is 15.8. The number of piperidine rings is 1. The summed E-state index contributed by atoms with van der Waals surface area (Å²) in [6.45, 7) is 5.65. The molecule has 1 unspecified atom stereocenters. The third-order valence-corrected chi connectivity index (χ3v) is 6.38. The van der Waals surface area contributed by atoms with Gasteiger partial charge in [0.15, 0.2) is 0 Å². The average Bonchev–Trinajstić information content (AvgIpc) is 2.67. The summed E-state index contributed by atoms with van der Waals surface area (Å²) in [4.78, 5) is 14.6. The van der Waals surface area contributed by atoms with Crippen LogP contribution in [0.1, 0.15) is 42.6 Å². The zero-order valence-corrected chi connectivity index (χ0v) is 16.6. The molecule has 0 bridgehead atoms. The maximum absolute atomic E-state index is 12.7. The van der Waals surface area contributed by atoms with Gasteiger partial charge < -0.3 is 4.90 Å². The van der Waals surface area contributed by atoms with E-state index in [1.165, 1.54) is 12.1 Å². The number of amides is 1. The van der Waals surface area contributed by atoms with Crippen molar-refractivity contribution in [3.05, 3.63) is 59.7 Å². The number of hydrogen-bond donors (Lipinski definition) is 1. The molecular formula is C21H26N2O3S. The first-order valence-corrected chi connectivity index (χ1v) is 10.9. The Bertz CT molecular complexity index is 907. The summed E-state index contributed by atoms with van der Waals surface area (Å²) >= 11 is 0. The molecule has 1 atom stereocenters. The lowest BCUT2D eigenvalue weighted by Crippen LogP contribution is -2.39. The lowest BCUT2D eigenvalue weighted by molar-refractivity contribution is 0.0683. The lowest BCUT2D eigenvalue weighted by atomic mass is 9.99. The minimum Gasteiger partial charge on any atom is -0.338 e. The molecule has 0 saturated carbocycles. The lowest BCUT2D eigenvalue weighted by Gasteiger charge is -2.31. The minimum absolute atomic E-state index is 0.0326. The fourth-order valence-electron chi connectivity index (χ4n) is 3.46. The number of aryl methyl sites for hydroxylation is 1. The first-order chi connectivity index (χ1) is 12.9. The molecule has 0 aromatic heterocycles. The van der Waals surface area contributed by atoms with Crippen molar-refractivity contribution in [3.63, 3.8) is 0 Å². The quantitative estimate of drug-likeness (QED) is 0.847. The van der Waals surface area contributed by atoms with Gasteiger partial charge in [-0.05, 0) is 61.1 Å². The van der Waals surface area contributed by atoms with Gasteiger partial charge in [-0.3, -0.25) is 9.52 Å². The standard InChI is InChI=1S/C21H26N2O3S/c1-3-17-8-4-5-9-20(17)22-27(25,26)19-12-10-18(11-13-19)21(24)23-14-6-7-16(2)15-23/h4-5,8-13,16,22H,3,6-7,14-15H2,1-2H3. The van der Waals surface area contributed by atoms with E-state index in [1.54, 1.807) is 24.3 Å². The van der Waals surface area contributed by atoms with Crippen LogP contribution in [0.4, 0.5) is 5.69 Å². The van der Waals surface area contributed by atoms with E-state index >= 15 is 0 Å². The molecule has 0 radical (unpaired) electrons. The van der Waals surface area contributed by atoms with Gasteiger partial charge in [-0.2, -0.15) is 0 Å². The van der Waals surface area contributed by atoms with Crippen molar-refractivity contribution in [2.24, 2.45) is 5.92 Å². The van der Waals surface area contributed by atoms with Crippen LogP contribution >= 0.6 is 0 Å². The molecule has 1 aliphatic heterocycles. The Morgan fingerprint density at radius 3 is 2.52 bits per heavy atom. The number of carbonyl (C=O) groups is 1. The molecule has 6 heteroatoms. The Balaban J connectivity index is 1.77. The van der Waals surface area contributed by atoms with Crippen LogP contribution in [0.2, 0.25) is 0 Å². The second-order valence-electron chi connectivity index (χ2n) is 7.14. The maximum Gasteiger partial charge on any atom is 0.261 e. The van der Waals surface area contributed by atoms with Gasteiger partial charge in [0.1, 0.15) is 0 Å². The molecule has 27 heavy (non-hydrogen) atoms. The highest BCUT2D eigenvalue weighted by atomic mass is 32.2. The van der Waals surface area contributed by atoms with Crippen molar-refractivity contribution in [3.8, 4) is 0 Å². The SMILES string of the molecule is CCc1ccccc1NS(=O)(=O)c1ccc(C(=O)N2CCCC(C)C2)cc1. The predicted octanol–water partition coefficient (Wildman–Crippen LogP) is 3.92. The first-order valence-electron chi connectivity index (χ1n) is 9.40.